The standard InChI is InChI=1S/C12H16O3S/c1-2-16(14,15)12-10(8-13)11(12)9-6-4-3-5-7-9/h3-7,10-13H,2,8H2,1H3/t10-,11-,12-/m0/s1. The fraction of sp³-hybridized carbons (Fsp3) is 0.500. The Labute approximate surface area is 96.0 Å². The van der Waals surface area contributed by atoms with Gasteiger partial charge in [-0.1, -0.05) is 37.3 Å². The van der Waals surface area contributed by atoms with Crippen LogP contribution in [0, 0.1) is 5.92 Å². The smallest absolute Gasteiger partial charge is 0.153 e. The lowest BCUT2D eigenvalue weighted by Crippen LogP contribution is -2.13. The van der Waals surface area contributed by atoms with Crippen molar-refractivity contribution in [3.05, 3.63) is 35.9 Å². The van der Waals surface area contributed by atoms with Gasteiger partial charge in [-0.3, -0.25) is 0 Å². The number of rotatable bonds is 4. The van der Waals surface area contributed by atoms with E-state index in [-0.39, 0.29) is 29.4 Å². The number of benzene rings is 1. The molecule has 1 N–H and O–H groups in total. The van der Waals surface area contributed by atoms with Crippen LogP contribution in [0.2, 0.25) is 0 Å². The molecule has 0 aromatic heterocycles. The molecule has 0 saturated heterocycles. The fourth-order valence-corrected chi connectivity index (χ4v) is 4.24. The van der Waals surface area contributed by atoms with Crippen LogP contribution in [0.3, 0.4) is 0 Å². The maximum absolute atomic E-state index is 11.8. The highest BCUT2D eigenvalue weighted by molar-refractivity contribution is 7.92. The van der Waals surface area contributed by atoms with E-state index in [9.17, 15) is 13.5 Å². The zero-order valence-electron chi connectivity index (χ0n) is 9.20. The summed E-state index contributed by atoms with van der Waals surface area (Å²) in [7, 11) is -3.04. The minimum Gasteiger partial charge on any atom is -0.396 e. The van der Waals surface area contributed by atoms with Crippen LogP contribution in [0.1, 0.15) is 18.4 Å². The van der Waals surface area contributed by atoms with Gasteiger partial charge >= 0.3 is 0 Å². The van der Waals surface area contributed by atoms with Crippen LogP contribution in [0.25, 0.3) is 0 Å². The number of hydrogen-bond donors (Lipinski definition) is 1. The SMILES string of the molecule is CCS(=O)(=O)[C@H]1[C@@H](CO)[C@@H]1c1ccccc1. The lowest BCUT2D eigenvalue weighted by molar-refractivity contribution is 0.274. The molecule has 16 heavy (non-hydrogen) atoms. The molecule has 3 nitrogen and oxygen atoms in total. The number of aliphatic hydroxyl groups is 1. The van der Waals surface area contributed by atoms with E-state index in [1.54, 1.807) is 6.92 Å². The van der Waals surface area contributed by atoms with Gasteiger partial charge < -0.3 is 5.11 Å². The summed E-state index contributed by atoms with van der Waals surface area (Å²) in [6.07, 6.45) is 0. The molecule has 1 saturated carbocycles. The van der Waals surface area contributed by atoms with Gasteiger partial charge in [0.2, 0.25) is 0 Å². The van der Waals surface area contributed by atoms with E-state index in [4.69, 9.17) is 0 Å². The van der Waals surface area contributed by atoms with Gasteiger partial charge in [0, 0.05) is 24.2 Å². The van der Waals surface area contributed by atoms with Gasteiger partial charge in [-0.25, -0.2) is 8.42 Å². The molecule has 1 aromatic carbocycles. The summed E-state index contributed by atoms with van der Waals surface area (Å²) >= 11 is 0. The third-order valence-corrected chi connectivity index (χ3v) is 5.59. The van der Waals surface area contributed by atoms with Crippen LogP contribution in [-0.2, 0) is 9.84 Å². The van der Waals surface area contributed by atoms with E-state index < -0.39 is 9.84 Å². The highest BCUT2D eigenvalue weighted by atomic mass is 32.2. The molecule has 1 aliphatic rings. The summed E-state index contributed by atoms with van der Waals surface area (Å²) in [5, 5.41) is 8.82. The number of hydrogen-bond acceptors (Lipinski definition) is 3. The Balaban J connectivity index is 2.26. The number of aliphatic hydroxyl groups excluding tert-OH is 1. The second-order valence-corrected chi connectivity index (χ2v) is 6.65. The summed E-state index contributed by atoms with van der Waals surface area (Å²) in [5.74, 6) is 0.0146. The van der Waals surface area contributed by atoms with Crippen molar-refractivity contribution in [3.8, 4) is 0 Å². The maximum atomic E-state index is 11.8. The summed E-state index contributed by atoms with van der Waals surface area (Å²) in [6.45, 7) is 1.60. The molecule has 1 fully saturated rings. The summed E-state index contributed by atoms with van der Waals surface area (Å²) in [6, 6.07) is 9.57. The monoisotopic (exact) mass is 240 g/mol. The van der Waals surface area contributed by atoms with Crippen molar-refractivity contribution in [1.82, 2.24) is 0 Å². The molecule has 0 amide bonds. The molecule has 88 valence electrons. The van der Waals surface area contributed by atoms with Gasteiger partial charge in [-0.15, -0.1) is 0 Å². The zero-order valence-corrected chi connectivity index (χ0v) is 10.0. The Morgan fingerprint density at radius 1 is 1.25 bits per heavy atom. The van der Waals surface area contributed by atoms with Crippen molar-refractivity contribution in [2.75, 3.05) is 12.4 Å². The Kier molecular flexibility index (Phi) is 3.04. The van der Waals surface area contributed by atoms with Crippen molar-refractivity contribution in [1.29, 1.82) is 0 Å². The first-order valence-electron chi connectivity index (χ1n) is 5.49. The van der Waals surface area contributed by atoms with Gasteiger partial charge in [0.25, 0.3) is 0 Å². The highest BCUT2D eigenvalue weighted by Crippen LogP contribution is 2.52. The van der Waals surface area contributed by atoms with Gasteiger partial charge in [-0.05, 0) is 5.56 Å². The second kappa shape index (κ2) is 4.18. The predicted octanol–water partition coefficient (Wildman–Crippen LogP) is 1.20. The molecule has 3 atom stereocenters. The van der Waals surface area contributed by atoms with Crippen molar-refractivity contribution in [2.45, 2.75) is 18.1 Å². The molecule has 1 aromatic rings. The van der Waals surface area contributed by atoms with Crippen LogP contribution >= 0.6 is 0 Å². The summed E-state index contributed by atoms with van der Waals surface area (Å²) in [4.78, 5) is 0. The Morgan fingerprint density at radius 3 is 2.38 bits per heavy atom. The quantitative estimate of drug-likeness (QED) is 0.860. The van der Waals surface area contributed by atoms with E-state index in [0.717, 1.165) is 5.56 Å². The molecule has 0 unspecified atom stereocenters. The van der Waals surface area contributed by atoms with Gasteiger partial charge in [-0.2, -0.15) is 0 Å². The maximum Gasteiger partial charge on any atom is 0.153 e. The van der Waals surface area contributed by atoms with E-state index in [0.29, 0.717) is 0 Å². The topological polar surface area (TPSA) is 54.4 Å². The van der Waals surface area contributed by atoms with Gasteiger partial charge in [0.05, 0.1) is 5.25 Å². The van der Waals surface area contributed by atoms with Crippen molar-refractivity contribution >= 4 is 9.84 Å². The zero-order chi connectivity index (χ0) is 11.8. The predicted molar refractivity (Wildman–Crippen MR) is 63.0 cm³/mol. The first-order chi connectivity index (χ1) is 7.61. The van der Waals surface area contributed by atoms with Crippen molar-refractivity contribution < 1.29 is 13.5 Å². The minimum absolute atomic E-state index is 0.0175. The molecular weight excluding hydrogens is 224 g/mol. The molecule has 2 rings (SSSR count). The lowest BCUT2D eigenvalue weighted by atomic mass is 10.1. The molecule has 0 aliphatic heterocycles. The molecule has 0 heterocycles. The minimum atomic E-state index is -3.04. The molecule has 0 radical (unpaired) electrons. The second-order valence-electron chi connectivity index (χ2n) is 4.20. The van der Waals surface area contributed by atoms with E-state index in [1.165, 1.54) is 0 Å². The van der Waals surface area contributed by atoms with Crippen molar-refractivity contribution in [2.24, 2.45) is 5.92 Å². The van der Waals surface area contributed by atoms with E-state index >= 15 is 0 Å². The third-order valence-electron chi connectivity index (χ3n) is 3.31. The molecule has 4 heteroatoms. The normalized spacial score (nSPS) is 29.0. The fourth-order valence-electron chi connectivity index (χ4n) is 2.35. The number of sulfone groups is 1. The Morgan fingerprint density at radius 2 is 1.88 bits per heavy atom. The van der Waals surface area contributed by atoms with E-state index in [1.807, 2.05) is 30.3 Å². The van der Waals surface area contributed by atoms with Crippen LogP contribution in [0.15, 0.2) is 30.3 Å². The molecule has 0 spiro atoms. The first-order valence-corrected chi connectivity index (χ1v) is 7.20. The highest BCUT2D eigenvalue weighted by Gasteiger charge is 2.57. The molecule has 0 bridgehead atoms. The van der Waals surface area contributed by atoms with Crippen LogP contribution in [-0.4, -0.2) is 31.1 Å². The van der Waals surface area contributed by atoms with Crippen LogP contribution in [0.5, 0.6) is 0 Å². The molecular formula is C12H16O3S. The third kappa shape index (κ3) is 1.87. The summed E-state index contributed by atoms with van der Waals surface area (Å²) < 4.78 is 23.6. The molecule has 1 aliphatic carbocycles. The van der Waals surface area contributed by atoms with E-state index in [2.05, 4.69) is 0 Å². The lowest BCUT2D eigenvalue weighted by Gasteiger charge is -1.99. The Bertz CT molecular complexity index is 452. The average molecular weight is 240 g/mol. The largest absolute Gasteiger partial charge is 0.396 e. The van der Waals surface area contributed by atoms with Crippen LogP contribution in [0.4, 0.5) is 0 Å². The van der Waals surface area contributed by atoms with Gasteiger partial charge in [0.1, 0.15) is 0 Å². The summed E-state index contributed by atoms with van der Waals surface area (Å²) in [5.41, 5.74) is 1.02. The first kappa shape index (κ1) is 11.6. The van der Waals surface area contributed by atoms with Crippen molar-refractivity contribution in [3.63, 3.8) is 0 Å². The average Bonchev–Trinajstić information content (AvgIpc) is 3.05. The van der Waals surface area contributed by atoms with Crippen LogP contribution < -0.4 is 0 Å². The van der Waals surface area contributed by atoms with Gasteiger partial charge in [0.15, 0.2) is 9.84 Å². The Hall–Kier alpha value is -0.870.